The molecule has 0 radical (unpaired) electrons. The van der Waals surface area contributed by atoms with Crippen molar-refractivity contribution in [3.63, 3.8) is 0 Å². The van der Waals surface area contributed by atoms with Crippen LogP contribution in [0.25, 0.3) is 0 Å². The zero-order chi connectivity index (χ0) is 25.5. The number of amides is 1. The summed E-state index contributed by atoms with van der Waals surface area (Å²) in [5.41, 5.74) is 1.73. The first-order valence-electron chi connectivity index (χ1n) is 11.3. The van der Waals surface area contributed by atoms with Crippen LogP contribution in [-0.2, 0) is 11.3 Å². The highest BCUT2D eigenvalue weighted by atomic mass is 35.5. The van der Waals surface area contributed by atoms with Gasteiger partial charge < -0.3 is 24.1 Å². The highest BCUT2D eigenvalue weighted by Crippen LogP contribution is 2.36. The molecule has 3 rings (SSSR count). The van der Waals surface area contributed by atoms with E-state index in [1.54, 1.807) is 12.1 Å². The Labute approximate surface area is 215 Å². The molecule has 1 atom stereocenters. The topological polar surface area (TPSA) is 87.5 Å². The maximum atomic E-state index is 12.7. The molecule has 0 fully saturated rings. The summed E-state index contributed by atoms with van der Waals surface area (Å²) in [4.78, 5) is 12.7. The number of hydrogen-bond acceptors (Lipinski definition) is 7. The molecule has 1 heterocycles. The zero-order valence-corrected chi connectivity index (χ0v) is 22.4. The van der Waals surface area contributed by atoms with Crippen LogP contribution in [0.2, 0.25) is 5.02 Å². The summed E-state index contributed by atoms with van der Waals surface area (Å²) in [5.74, 6) is 2.74. The third-order valence-electron chi connectivity index (χ3n) is 5.37. The molecule has 2 aromatic carbocycles. The molecule has 0 aliphatic rings. The van der Waals surface area contributed by atoms with E-state index < -0.39 is 0 Å². The molecule has 0 bridgehead atoms. The van der Waals surface area contributed by atoms with Gasteiger partial charge in [-0.3, -0.25) is 4.79 Å². The van der Waals surface area contributed by atoms with E-state index in [-0.39, 0.29) is 17.8 Å². The predicted molar refractivity (Wildman–Crippen MR) is 139 cm³/mol. The van der Waals surface area contributed by atoms with Crippen LogP contribution >= 0.6 is 23.4 Å². The van der Waals surface area contributed by atoms with Crippen molar-refractivity contribution < 1.29 is 19.0 Å². The van der Waals surface area contributed by atoms with Crippen molar-refractivity contribution in [3.8, 4) is 17.2 Å². The fraction of sp³-hybridized carbons (Fsp3) is 0.400. The smallest absolute Gasteiger partial charge is 0.234 e. The number of halogens is 1. The molecular formula is C25H31ClN4O4S. The molecule has 1 aromatic heterocycles. The average molecular weight is 519 g/mol. The summed E-state index contributed by atoms with van der Waals surface area (Å²) in [5, 5.41) is 12.5. The van der Waals surface area contributed by atoms with Crippen molar-refractivity contribution in [1.29, 1.82) is 0 Å². The van der Waals surface area contributed by atoms with Crippen LogP contribution < -0.4 is 19.5 Å². The molecule has 1 N–H and O–H groups in total. The highest BCUT2D eigenvalue weighted by molar-refractivity contribution is 7.99. The molecule has 35 heavy (non-hydrogen) atoms. The normalized spacial score (nSPS) is 11.9. The fourth-order valence-corrected chi connectivity index (χ4v) is 4.51. The second-order valence-corrected chi connectivity index (χ2v) is 9.44. The summed E-state index contributed by atoms with van der Waals surface area (Å²) in [7, 11) is 3.02. The Bertz CT molecular complexity index is 1150. The Morgan fingerprint density at radius 1 is 1.09 bits per heavy atom. The molecule has 0 aliphatic carbocycles. The number of aromatic nitrogens is 3. The lowest BCUT2D eigenvalue weighted by molar-refractivity contribution is -0.113. The monoisotopic (exact) mass is 518 g/mol. The van der Waals surface area contributed by atoms with Gasteiger partial charge in [-0.05, 0) is 37.5 Å². The lowest BCUT2D eigenvalue weighted by Crippen LogP contribution is -2.16. The number of methoxy groups -OCH3 is 2. The van der Waals surface area contributed by atoms with E-state index in [2.05, 4.69) is 41.5 Å². The average Bonchev–Trinajstić information content (AvgIpc) is 3.27. The molecule has 0 spiro atoms. The van der Waals surface area contributed by atoms with Gasteiger partial charge in [-0.15, -0.1) is 10.2 Å². The number of ether oxygens (including phenoxy) is 3. The van der Waals surface area contributed by atoms with Crippen molar-refractivity contribution in [1.82, 2.24) is 14.8 Å². The van der Waals surface area contributed by atoms with Gasteiger partial charge in [0.05, 0.1) is 30.7 Å². The Hall–Kier alpha value is -2.91. The molecule has 3 aromatic rings. The first-order valence-corrected chi connectivity index (χ1v) is 12.7. The Balaban J connectivity index is 1.65. The van der Waals surface area contributed by atoms with E-state index in [1.165, 1.54) is 31.5 Å². The SMILES string of the molecule is CCn1c(SCC(=O)Nc2cc(OC)c(Cl)cc2OC)nnc1C(C)Oc1ccc(C(C)C)cc1. The minimum atomic E-state index is -0.304. The molecule has 1 unspecified atom stereocenters. The third kappa shape index (κ3) is 6.61. The molecule has 0 saturated heterocycles. The van der Waals surface area contributed by atoms with E-state index in [1.807, 2.05) is 30.5 Å². The van der Waals surface area contributed by atoms with Gasteiger partial charge >= 0.3 is 0 Å². The van der Waals surface area contributed by atoms with Gasteiger partial charge in [0.2, 0.25) is 5.91 Å². The summed E-state index contributed by atoms with van der Waals surface area (Å²) >= 11 is 7.44. The van der Waals surface area contributed by atoms with Gasteiger partial charge in [0.25, 0.3) is 0 Å². The lowest BCUT2D eigenvalue weighted by atomic mass is 10.0. The van der Waals surface area contributed by atoms with Crippen molar-refractivity contribution in [2.75, 3.05) is 25.3 Å². The van der Waals surface area contributed by atoms with Gasteiger partial charge in [-0.25, -0.2) is 0 Å². The Morgan fingerprint density at radius 2 is 1.77 bits per heavy atom. The van der Waals surface area contributed by atoms with Crippen LogP contribution in [-0.4, -0.2) is 40.6 Å². The van der Waals surface area contributed by atoms with Crippen molar-refractivity contribution in [3.05, 3.63) is 52.8 Å². The minimum absolute atomic E-state index is 0.137. The molecule has 0 aliphatic heterocycles. The second-order valence-electron chi connectivity index (χ2n) is 8.09. The summed E-state index contributed by atoms with van der Waals surface area (Å²) in [6.07, 6.45) is -0.304. The van der Waals surface area contributed by atoms with E-state index >= 15 is 0 Å². The number of thioether (sulfide) groups is 1. The summed E-state index contributed by atoms with van der Waals surface area (Å²) in [6, 6.07) is 11.3. The fourth-order valence-electron chi connectivity index (χ4n) is 3.47. The van der Waals surface area contributed by atoms with Crippen LogP contribution in [0.15, 0.2) is 41.6 Å². The first-order chi connectivity index (χ1) is 16.8. The van der Waals surface area contributed by atoms with Crippen molar-refractivity contribution in [2.45, 2.75) is 51.4 Å². The number of carbonyl (C=O) groups excluding carboxylic acids is 1. The molecule has 1 amide bonds. The Kier molecular flexibility index (Phi) is 9.28. The summed E-state index contributed by atoms with van der Waals surface area (Å²) in [6.45, 7) is 8.91. The van der Waals surface area contributed by atoms with E-state index in [0.717, 1.165) is 5.75 Å². The van der Waals surface area contributed by atoms with Gasteiger partial charge in [-0.1, -0.05) is 49.3 Å². The standard InChI is InChI=1S/C25H31ClN4O4S/c1-7-30-24(16(4)34-18-10-8-17(9-11-18)15(2)3)28-29-25(30)35-14-23(31)27-20-13-21(32-5)19(26)12-22(20)33-6/h8-13,15-16H,7,14H2,1-6H3,(H,27,31). The minimum Gasteiger partial charge on any atom is -0.495 e. The summed E-state index contributed by atoms with van der Waals surface area (Å²) < 4.78 is 18.6. The third-order valence-corrected chi connectivity index (χ3v) is 6.63. The number of hydrogen-bond donors (Lipinski definition) is 1. The lowest BCUT2D eigenvalue weighted by Gasteiger charge is -2.16. The largest absolute Gasteiger partial charge is 0.495 e. The molecule has 10 heteroatoms. The Morgan fingerprint density at radius 3 is 2.37 bits per heavy atom. The van der Waals surface area contributed by atoms with Crippen LogP contribution in [0.4, 0.5) is 5.69 Å². The predicted octanol–water partition coefficient (Wildman–Crippen LogP) is 5.96. The van der Waals surface area contributed by atoms with E-state index in [0.29, 0.717) is 45.7 Å². The van der Waals surface area contributed by atoms with Crippen LogP contribution in [0.5, 0.6) is 17.2 Å². The number of carbonyl (C=O) groups is 1. The molecule has 8 nitrogen and oxygen atoms in total. The maximum absolute atomic E-state index is 12.7. The highest BCUT2D eigenvalue weighted by Gasteiger charge is 2.20. The van der Waals surface area contributed by atoms with E-state index in [9.17, 15) is 4.79 Å². The number of anilines is 1. The number of nitrogens with zero attached hydrogens (tertiary/aromatic N) is 3. The van der Waals surface area contributed by atoms with Gasteiger partial charge in [0, 0.05) is 18.7 Å². The van der Waals surface area contributed by atoms with Crippen LogP contribution in [0.3, 0.4) is 0 Å². The maximum Gasteiger partial charge on any atom is 0.234 e. The molecular weight excluding hydrogens is 488 g/mol. The zero-order valence-electron chi connectivity index (χ0n) is 20.8. The van der Waals surface area contributed by atoms with Gasteiger partial charge in [-0.2, -0.15) is 0 Å². The van der Waals surface area contributed by atoms with Crippen LogP contribution in [0, 0.1) is 0 Å². The van der Waals surface area contributed by atoms with Crippen LogP contribution in [0.1, 0.15) is 51.1 Å². The quantitative estimate of drug-likeness (QED) is 0.313. The van der Waals surface area contributed by atoms with E-state index in [4.69, 9.17) is 25.8 Å². The second kappa shape index (κ2) is 12.2. The van der Waals surface area contributed by atoms with Gasteiger partial charge in [0.1, 0.15) is 17.2 Å². The number of rotatable bonds is 11. The van der Waals surface area contributed by atoms with Gasteiger partial charge in [0.15, 0.2) is 17.1 Å². The molecule has 188 valence electrons. The molecule has 0 saturated carbocycles. The van der Waals surface area contributed by atoms with Crippen molar-refractivity contribution >= 4 is 35.0 Å². The van der Waals surface area contributed by atoms with Crippen molar-refractivity contribution in [2.24, 2.45) is 0 Å². The first kappa shape index (κ1) is 26.7. The number of nitrogens with one attached hydrogen (secondary N) is 1. The number of benzene rings is 2.